The maximum absolute atomic E-state index is 12.2. The van der Waals surface area contributed by atoms with Crippen molar-refractivity contribution >= 4 is 41.0 Å². The van der Waals surface area contributed by atoms with E-state index in [-0.39, 0.29) is 30.8 Å². The summed E-state index contributed by atoms with van der Waals surface area (Å²) < 4.78 is 0. The molecule has 2 aromatic rings. The van der Waals surface area contributed by atoms with Gasteiger partial charge in [0.1, 0.15) is 6.04 Å². The van der Waals surface area contributed by atoms with Gasteiger partial charge in [0.05, 0.1) is 12.6 Å². The lowest BCUT2D eigenvalue weighted by molar-refractivity contribution is -0.130. The first-order valence-corrected chi connectivity index (χ1v) is 8.92. The minimum absolute atomic E-state index is 0. The van der Waals surface area contributed by atoms with Crippen LogP contribution in [0.1, 0.15) is 19.4 Å². The average Bonchev–Trinajstić information content (AvgIpc) is 3.07. The second-order valence-corrected chi connectivity index (χ2v) is 6.79. The number of H-pyrrole nitrogens is 1. The van der Waals surface area contributed by atoms with Gasteiger partial charge in [-0.3, -0.25) is 14.4 Å². The molecule has 154 valence electrons. The lowest BCUT2D eigenvalue weighted by Gasteiger charge is -2.18. The summed E-state index contributed by atoms with van der Waals surface area (Å²) in [6.45, 7) is 3.42. The van der Waals surface area contributed by atoms with Crippen molar-refractivity contribution < 1.29 is 14.4 Å². The zero-order valence-electron chi connectivity index (χ0n) is 16.2. The maximum atomic E-state index is 12.2. The van der Waals surface area contributed by atoms with E-state index in [4.69, 9.17) is 5.73 Å². The first kappa shape index (κ1) is 23.5. The fourth-order valence-corrected chi connectivity index (χ4v) is 2.74. The second-order valence-electron chi connectivity index (χ2n) is 6.79. The van der Waals surface area contributed by atoms with Crippen molar-refractivity contribution in [2.45, 2.75) is 32.4 Å². The smallest absolute Gasteiger partial charge is 0.242 e. The Hall–Kier alpha value is -2.58. The van der Waals surface area contributed by atoms with E-state index >= 15 is 0 Å². The van der Waals surface area contributed by atoms with Crippen LogP contribution >= 0.6 is 12.4 Å². The Morgan fingerprint density at radius 3 is 2.46 bits per heavy atom. The molecule has 6 N–H and O–H groups in total. The molecule has 0 aliphatic heterocycles. The van der Waals surface area contributed by atoms with Gasteiger partial charge in [-0.05, 0) is 17.5 Å². The molecule has 3 amide bonds. The molecule has 1 aromatic carbocycles. The Labute approximate surface area is 170 Å². The number of carbonyl (C=O) groups excluding carboxylic acids is 3. The van der Waals surface area contributed by atoms with Gasteiger partial charge in [0, 0.05) is 30.6 Å². The highest BCUT2D eigenvalue weighted by Gasteiger charge is 2.23. The SMILES string of the molecule is CNC(=O)[C@H](Cc1c[nH]c2ccccc12)NC(=O)CNC(=O)[C@@H](N)C(C)C.Cl. The molecule has 2 atom stereocenters. The highest BCUT2D eigenvalue weighted by molar-refractivity contribution is 5.92. The molecule has 0 fully saturated rings. The summed E-state index contributed by atoms with van der Waals surface area (Å²) in [7, 11) is 1.51. The van der Waals surface area contributed by atoms with Gasteiger partial charge in [-0.1, -0.05) is 32.0 Å². The van der Waals surface area contributed by atoms with Gasteiger partial charge in [-0.25, -0.2) is 0 Å². The van der Waals surface area contributed by atoms with E-state index in [1.807, 2.05) is 44.3 Å². The molecule has 28 heavy (non-hydrogen) atoms. The Bertz CT molecular complexity index is 821. The number of halogens is 1. The summed E-state index contributed by atoms with van der Waals surface area (Å²) in [5.74, 6) is -1.19. The van der Waals surface area contributed by atoms with E-state index in [9.17, 15) is 14.4 Å². The molecule has 0 radical (unpaired) electrons. The third-order valence-electron chi connectivity index (χ3n) is 4.44. The molecule has 1 aromatic heterocycles. The van der Waals surface area contributed by atoms with Crippen molar-refractivity contribution in [3.05, 3.63) is 36.0 Å². The van der Waals surface area contributed by atoms with E-state index in [0.717, 1.165) is 16.5 Å². The van der Waals surface area contributed by atoms with Crippen molar-refractivity contribution in [2.75, 3.05) is 13.6 Å². The minimum atomic E-state index is -0.752. The molecule has 0 aliphatic rings. The highest BCUT2D eigenvalue weighted by Crippen LogP contribution is 2.19. The molecule has 9 heteroatoms. The van der Waals surface area contributed by atoms with Crippen LogP contribution in [0.25, 0.3) is 10.9 Å². The summed E-state index contributed by atoms with van der Waals surface area (Å²) in [5.41, 5.74) is 7.63. The van der Waals surface area contributed by atoms with Gasteiger partial charge >= 0.3 is 0 Å². The van der Waals surface area contributed by atoms with Gasteiger partial charge < -0.3 is 26.7 Å². The van der Waals surface area contributed by atoms with Crippen LogP contribution in [0.2, 0.25) is 0 Å². The number of benzene rings is 1. The number of nitrogens with one attached hydrogen (secondary N) is 4. The number of hydrogen-bond donors (Lipinski definition) is 5. The van der Waals surface area contributed by atoms with E-state index < -0.39 is 23.9 Å². The van der Waals surface area contributed by atoms with Crippen LogP contribution in [0.3, 0.4) is 0 Å². The summed E-state index contributed by atoms with van der Waals surface area (Å²) >= 11 is 0. The van der Waals surface area contributed by atoms with Gasteiger partial charge in [-0.2, -0.15) is 0 Å². The first-order valence-electron chi connectivity index (χ1n) is 8.92. The van der Waals surface area contributed by atoms with E-state index in [2.05, 4.69) is 20.9 Å². The van der Waals surface area contributed by atoms with E-state index in [1.165, 1.54) is 7.05 Å². The topological polar surface area (TPSA) is 129 Å². The molecule has 0 saturated heterocycles. The maximum Gasteiger partial charge on any atom is 0.242 e. The molecular formula is C19H28ClN5O3. The monoisotopic (exact) mass is 409 g/mol. The van der Waals surface area contributed by atoms with Crippen molar-refractivity contribution in [3.8, 4) is 0 Å². The number of amides is 3. The van der Waals surface area contributed by atoms with E-state index in [0.29, 0.717) is 6.42 Å². The summed E-state index contributed by atoms with van der Waals surface area (Å²) in [5, 5.41) is 8.73. The summed E-state index contributed by atoms with van der Waals surface area (Å²) in [4.78, 5) is 39.4. The first-order chi connectivity index (χ1) is 12.8. The Balaban J connectivity index is 0.00000392. The van der Waals surface area contributed by atoms with Gasteiger partial charge in [0.25, 0.3) is 0 Å². The predicted molar refractivity (Wildman–Crippen MR) is 111 cm³/mol. The number of aromatic amines is 1. The molecule has 0 bridgehead atoms. The van der Waals surface area contributed by atoms with E-state index in [1.54, 1.807) is 0 Å². The van der Waals surface area contributed by atoms with Crippen molar-refractivity contribution in [3.63, 3.8) is 0 Å². The van der Waals surface area contributed by atoms with Crippen LogP contribution < -0.4 is 21.7 Å². The number of fused-ring (bicyclic) bond motifs is 1. The van der Waals surface area contributed by atoms with Crippen LogP contribution in [-0.2, 0) is 20.8 Å². The average molecular weight is 410 g/mol. The fraction of sp³-hybridized carbons (Fsp3) is 0.421. The molecule has 8 nitrogen and oxygen atoms in total. The van der Waals surface area contributed by atoms with Crippen LogP contribution in [0.15, 0.2) is 30.5 Å². The van der Waals surface area contributed by atoms with Crippen LogP contribution in [-0.4, -0.2) is 48.4 Å². The quantitative estimate of drug-likeness (QED) is 0.433. The number of rotatable bonds is 8. The number of para-hydroxylation sites is 1. The van der Waals surface area contributed by atoms with Crippen molar-refractivity contribution in [2.24, 2.45) is 11.7 Å². The molecule has 0 unspecified atom stereocenters. The molecule has 1 heterocycles. The number of nitrogens with two attached hydrogens (primary N) is 1. The number of hydrogen-bond acceptors (Lipinski definition) is 4. The van der Waals surface area contributed by atoms with Gasteiger partial charge in [-0.15, -0.1) is 12.4 Å². The van der Waals surface area contributed by atoms with Gasteiger partial charge in [0.15, 0.2) is 0 Å². The van der Waals surface area contributed by atoms with Crippen LogP contribution in [0, 0.1) is 5.92 Å². The molecule has 0 spiro atoms. The standard InChI is InChI=1S/C19H27N5O3.ClH/c1-11(2)17(20)19(27)23-10-16(25)24-15(18(26)21-3)8-12-9-22-14-7-5-4-6-13(12)14;/h4-7,9,11,15,17,22H,8,10,20H2,1-3H3,(H,21,26)(H,23,27)(H,24,25);1H/t15-,17-;/m0./s1. The summed E-state index contributed by atoms with van der Waals surface area (Å²) in [6.07, 6.45) is 2.16. The predicted octanol–water partition coefficient (Wildman–Crippen LogP) is 0.463. The third-order valence-corrected chi connectivity index (χ3v) is 4.44. The zero-order valence-corrected chi connectivity index (χ0v) is 17.1. The largest absolute Gasteiger partial charge is 0.361 e. The van der Waals surface area contributed by atoms with Gasteiger partial charge in [0.2, 0.25) is 17.7 Å². The van der Waals surface area contributed by atoms with Crippen molar-refractivity contribution in [1.82, 2.24) is 20.9 Å². The Morgan fingerprint density at radius 1 is 1.14 bits per heavy atom. The number of likely N-dealkylation sites (N-methyl/N-ethyl adjacent to an activating group) is 1. The minimum Gasteiger partial charge on any atom is -0.361 e. The Morgan fingerprint density at radius 2 is 1.82 bits per heavy atom. The van der Waals surface area contributed by atoms with Crippen LogP contribution in [0.4, 0.5) is 0 Å². The lowest BCUT2D eigenvalue weighted by atomic mass is 10.0. The zero-order chi connectivity index (χ0) is 20.0. The highest BCUT2D eigenvalue weighted by atomic mass is 35.5. The molecule has 0 saturated carbocycles. The number of carbonyl (C=O) groups is 3. The lowest BCUT2D eigenvalue weighted by Crippen LogP contribution is -2.51. The number of aromatic nitrogens is 1. The fourth-order valence-electron chi connectivity index (χ4n) is 2.74. The van der Waals surface area contributed by atoms with Crippen molar-refractivity contribution in [1.29, 1.82) is 0 Å². The molecule has 2 rings (SSSR count). The normalized spacial score (nSPS) is 12.8. The molecular weight excluding hydrogens is 382 g/mol. The third kappa shape index (κ3) is 5.97. The molecule has 0 aliphatic carbocycles. The van der Waals surface area contributed by atoms with Crippen LogP contribution in [0.5, 0.6) is 0 Å². The summed E-state index contributed by atoms with van der Waals surface area (Å²) in [6, 6.07) is 6.31. The Kier molecular flexibility index (Phi) is 8.94. The second kappa shape index (κ2) is 10.7.